The van der Waals surface area contributed by atoms with Crippen molar-refractivity contribution in [3.63, 3.8) is 0 Å². The molecule has 0 saturated carbocycles. The number of hydrogen-bond donors (Lipinski definition) is 0. The van der Waals surface area contributed by atoms with Crippen LogP contribution in [0.15, 0.2) is 71.5 Å². The van der Waals surface area contributed by atoms with Gasteiger partial charge in [0.15, 0.2) is 0 Å². The number of carbonyl (C=O) groups excluding carboxylic acids is 1. The van der Waals surface area contributed by atoms with Crippen molar-refractivity contribution < 1.29 is 4.79 Å². The van der Waals surface area contributed by atoms with Crippen molar-refractivity contribution in [3.05, 3.63) is 105 Å². The highest BCUT2D eigenvalue weighted by molar-refractivity contribution is 5.94. The number of amides is 1. The van der Waals surface area contributed by atoms with Gasteiger partial charge in [-0.3, -0.25) is 14.2 Å². The number of fused-ring (bicyclic) bond motifs is 1. The van der Waals surface area contributed by atoms with Crippen LogP contribution in [0.25, 0.3) is 16.6 Å². The molecule has 1 amide bonds. The Kier molecular flexibility index (Phi) is 8.07. The number of hydrogen-bond acceptors (Lipinski definition) is 4. The van der Waals surface area contributed by atoms with Crippen LogP contribution in [0.4, 0.5) is 0 Å². The van der Waals surface area contributed by atoms with Crippen LogP contribution in [-0.4, -0.2) is 52.4 Å². The predicted octanol–water partition coefficient (Wildman–Crippen LogP) is 6.07. The lowest BCUT2D eigenvalue weighted by molar-refractivity contribution is 0.0667. The van der Waals surface area contributed by atoms with Crippen molar-refractivity contribution >= 4 is 16.8 Å². The predicted molar refractivity (Wildman–Crippen MR) is 160 cm³/mol. The summed E-state index contributed by atoms with van der Waals surface area (Å²) >= 11 is 0. The maximum atomic E-state index is 14.0. The Hall–Kier alpha value is -3.77. The summed E-state index contributed by atoms with van der Waals surface area (Å²) in [6.07, 6.45) is 0. The third-order valence-electron chi connectivity index (χ3n) is 7.28. The number of para-hydroxylation sites is 1. The Morgan fingerprint density at radius 2 is 1.62 bits per heavy atom. The zero-order valence-electron chi connectivity index (χ0n) is 24.4. The molecule has 0 N–H and O–H groups in total. The Balaban J connectivity index is 1.88. The van der Waals surface area contributed by atoms with Gasteiger partial charge in [-0.15, -0.1) is 0 Å². The summed E-state index contributed by atoms with van der Waals surface area (Å²) in [4.78, 5) is 36.9. The topological polar surface area (TPSA) is 58.4 Å². The first-order chi connectivity index (χ1) is 18.4. The van der Waals surface area contributed by atoms with Crippen molar-refractivity contribution in [3.8, 4) is 5.69 Å². The van der Waals surface area contributed by atoms with Gasteiger partial charge < -0.3 is 9.80 Å². The zero-order valence-corrected chi connectivity index (χ0v) is 24.4. The number of carbonyl (C=O) groups is 1. The highest BCUT2D eigenvalue weighted by atomic mass is 16.2. The fourth-order valence-electron chi connectivity index (χ4n) is 4.92. The minimum atomic E-state index is -0.460. The molecule has 0 bridgehead atoms. The highest BCUT2D eigenvalue weighted by Crippen LogP contribution is 2.27. The van der Waals surface area contributed by atoms with Crippen LogP contribution in [0.5, 0.6) is 0 Å². The van der Waals surface area contributed by atoms with Crippen molar-refractivity contribution in [1.82, 2.24) is 19.4 Å². The largest absolute Gasteiger partial charge is 0.327 e. The Bertz CT molecular complexity index is 1550. The quantitative estimate of drug-likeness (QED) is 0.295. The molecule has 3 aromatic carbocycles. The number of nitrogens with zero attached hydrogens (tertiary/aromatic N) is 4. The number of rotatable bonds is 7. The van der Waals surface area contributed by atoms with E-state index in [1.165, 1.54) is 5.56 Å². The molecule has 0 aliphatic carbocycles. The van der Waals surface area contributed by atoms with Crippen LogP contribution in [0.1, 0.15) is 66.6 Å². The minimum absolute atomic E-state index is 0.00351. The SMILES string of the molecule is Cc1ccc(-n2c(C(C)N(CCN(C)C)C(=O)c3ccc(C(C)(C)C)cc3)nc3ccccc3c2=O)c(C)c1. The van der Waals surface area contributed by atoms with E-state index in [4.69, 9.17) is 4.98 Å². The van der Waals surface area contributed by atoms with Gasteiger partial charge in [0, 0.05) is 18.7 Å². The first-order valence-electron chi connectivity index (χ1n) is 13.5. The third-order valence-corrected chi connectivity index (χ3v) is 7.28. The van der Waals surface area contributed by atoms with Crippen LogP contribution in [-0.2, 0) is 5.41 Å². The van der Waals surface area contributed by atoms with Crippen LogP contribution in [0.3, 0.4) is 0 Å². The molecule has 0 aliphatic heterocycles. The molecule has 1 atom stereocenters. The average Bonchev–Trinajstić information content (AvgIpc) is 2.88. The van der Waals surface area contributed by atoms with E-state index in [1.807, 2.05) is 100 Å². The monoisotopic (exact) mass is 524 g/mol. The van der Waals surface area contributed by atoms with Gasteiger partial charge in [0.05, 0.1) is 22.6 Å². The van der Waals surface area contributed by atoms with Crippen molar-refractivity contribution in [2.45, 2.75) is 53.0 Å². The van der Waals surface area contributed by atoms with Gasteiger partial charge in [-0.1, -0.05) is 62.7 Å². The summed E-state index contributed by atoms with van der Waals surface area (Å²) in [5.74, 6) is 0.462. The van der Waals surface area contributed by atoms with E-state index in [0.717, 1.165) is 16.8 Å². The standard InChI is InChI=1S/C33H40N4O2/c1-22-13-18-29(23(2)21-22)37-30(34-28-12-10-9-11-27(28)32(37)39)24(3)36(20-19-35(7)8)31(38)25-14-16-26(17-15-25)33(4,5)6/h9-18,21,24H,19-20H2,1-8H3. The molecule has 0 spiro atoms. The van der Waals surface area contributed by atoms with E-state index in [2.05, 4.69) is 31.7 Å². The maximum absolute atomic E-state index is 14.0. The molecule has 0 aliphatic rings. The Morgan fingerprint density at radius 3 is 2.23 bits per heavy atom. The molecule has 39 heavy (non-hydrogen) atoms. The van der Waals surface area contributed by atoms with Gasteiger partial charge in [-0.25, -0.2) is 4.98 Å². The molecule has 4 aromatic rings. The minimum Gasteiger partial charge on any atom is -0.327 e. The summed E-state index contributed by atoms with van der Waals surface area (Å²) in [5.41, 5.74) is 5.16. The lowest BCUT2D eigenvalue weighted by atomic mass is 9.86. The van der Waals surface area contributed by atoms with E-state index in [0.29, 0.717) is 35.4 Å². The van der Waals surface area contributed by atoms with Crippen molar-refractivity contribution in [2.75, 3.05) is 27.2 Å². The molecule has 4 rings (SSSR count). The Morgan fingerprint density at radius 1 is 0.949 bits per heavy atom. The second kappa shape index (κ2) is 11.1. The molecule has 204 valence electrons. The summed E-state index contributed by atoms with van der Waals surface area (Å²) in [6, 6.07) is 20.9. The first kappa shape index (κ1) is 28.2. The number of benzene rings is 3. The molecular formula is C33H40N4O2. The average molecular weight is 525 g/mol. The summed E-state index contributed by atoms with van der Waals surface area (Å²) in [6.45, 7) is 13.7. The smallest absolute Gasteiger partial charge is 0.266 e. The molecule has 6 heteroatoms. The fourth-order valence-corrected chi connectivity index (χ4v) is 4.92. The van der Waals surface area contributed by atoms with Crippen molar-refractivity contribution in [2.24, 2.45) is 0 Å². The number of likely N-dealkylation sites (N-methyl/N-ethyl adjacent to an activating group) is 1. The second-order valence-electron chi connectivity index (χ2n) is 11.7. The summed E-state index contributed by atoms with van der Waals surface area (Å²) in [5, 5.41) is 0.553. The lowest BCUT2D eigenvalue weighted by Gasteiger charge is -2.32. The Labute approximate surface area is 231 Å². The summed E-state index contributed by atoms with van der Waals surface area (Å²) in [7, 11) is 3.98. The molecule has 6 nitrogen and oxygen atoms in total. The lowest BCUT2D eigenvalue weighted by Crippen LogP contribution is -2.41. The molecule has 1 heterocycles. The van der Waals surface area contributed by atoms with Gasteiger partial charge in [0.1, 0.15) is 5.82 Å². The van der Waals surface area contributed by atoms with Crippen LogP contribution >= 0.6 is 0 Å². The normalized spacial score (nSPS) is 12.6. The third kappa shape index (κ3) is 5.96. The van der Waals surface area contributed by atoms with E-state index >= 15 is 0 Å². The van der Waals surface area contributed by atoms with Crippen LogP contribution in [0.2, 0.25) is 0 Å². The van der Waals surface area contributed by atoms with Gasteiger partial charge in [-0.2, -0.15) is 0 Å². The molecule has 0 radical (unpaired) electrons. The van der Waals surface area contributed by atoms with Gasteiger partial charge >= 0.3 is 0 Å². The number of aryl methyl sites for hydroxylation is 2. The fraction of sp³-hybridized carbons (Fsp3) is 0.364. The molecule has 1 unspecified atom stereocenters. The number of aromatic nitrogens is 2. The summed E-state index contributed by atoms with van der Waals surface area (Å²) < 4.78 is 1.69. The maximum Gasteiger partial charge on any atom is 0.266 e. The zero-order chi connectivity index (χ0) is 28.5. The van der Waals surface area contributed by atoms with E-state index < -0.39 is 6.04 Å². The van der Waals surface area contributed by atoms with Crippen LogP contribution < -0.4 is 5.56 Å². The van der Waals surface area contributed by atoms with Gasteiger partial charge in [0.25, 0.3) is 11.5 Å². The molecule has 1 aromatic heterocycles. The first-order valence-corrected chi connectivity index (χ1v) is 13.5. The van der Waals surface area contributed by atoms with Gasteiger partial charge in [0.2, 0.25) is 0 Å². The highest BCUT2D eigenvalue weighted by Gasteiger charge is 2.28. The van der Waals surface area contributed by atoms with Crippen LogP contribution in [0, 0.1) is 13.8 Å². The molecule has 0 fully saturated rings. The van der Waals surface area contributed by atoms with E-state index in [9.17, 15) is 9.59 Å². The van der Waals surface area contributed by atoms with Crippen molar-refractivity contribution in [1.29, 1.82) is 0 Å². The van der Waals surface area contributed by atoms with E-state index in [1.54, 1.807) is 4.57 Å². The second-order valence-corrected chi connectivity index (χ2v) is 11.7. The molecular weight excluding hydrogens is 484 g/mol. The van der Waals surface area contributed by atoms with Gasteiger partial charge in [-0.05, 0) is 81.7 Å². The van der Waals surface area contributed by atoms with E-state index in [-0.39, 0.29) is 16.9 Å². The molecule has 0 saturated heterocycles.